The van der Waals surface area contributed by atoms with Crippen molar-refractivity contribution in [3.05, 3.63) is 75.8 Å². The van der Waals surface area contributed by atoms with Gasteiger partial charge in [-0.05, 0) is 17.7 Å². The number of halogens is 1. The molecule has 2 aromatic carbocycles. The Kier molecular flexibility index (Phi) is 4.44. The first-order chi connectivity index (χ1) is 12.6. The zero-order chi connectivity index (χ0) is 18.1. The number of amides is 1. The van der Waals surface area contributed by atoms with E-state index in [0.717, 1.165) is 15.6 Å². The summed E-state index contributed by atoms with van der Waals surface area (Å²) in [4.78, 5) is 29.3. The molecule has 0 bridgehead atoms. The van der Waals surface area contributed by atoms with Crippen LogP contribution < -0.4 is 10.9 Å². The van der Waals surface area contributed by atoms with Gasteiger partial charge in [0.05, 0.1) is 16.9 Å². The van der Waals surface area contributed by atoms with E-state index in [0.29, 0.717) is 21.8 Å². The van der Waals surface area contributed by atoms with Crippen LogP contribution >= 0.6 is 22.9 Å². The van der Waals surface area contributed by atoms with Crippen LogP contribution in [0.4, 0.5) is 0 Å². The SMILES string of the molecule is O=C(Cn1cnc2c(sc3cccc(Cl)c32)c1=O)NCc1ccccc1. The number of rotatable bonds is 4. The fourth-order valence-electron chi connectivity index (χ4n) is 2.79. The van der Waals surface area contributed by atoms with Gasteiger partial charge in [0.1, 0.15) is 11.2 Å². The molecular formula is C19H14ClN3O2S. The molecule has 1 N–H and O–H groups in total. The van der Waals surface area contributed by atoms with Crippen molar-refractivity contribution in [2.24, 2.45) is 0 Å². The van der Waals surface area contributed by atoms with Crippen molar-refractivity contribution >= 4 is 49.1 Å². The molecule has 0 atom stereocenters. The zero-order valence-corrected chi connectivity index (χ0v) is 15.2. The van der Waals surface area contributed by atoms with E-state index in [1.165, 1.54) is 22.2 Å². The lowest BCUT2D eigenvalue weighted by Gasteiger charge is -2.07. The van der Waals surface area contributed by atoms with Crippen molar-refractivity contribution in [1.82, 2.24) is 14.9 Å². The summed E-state index contributed by atoms with van der Waals surface area (Å²) < 4.78 is 2.74. The molecule has 26 heavy (non-hydrogen) atoms. The average molecular weight is 384 g/mol. The number of hydrogen-bond acceptors (Lipinski definition) is 4. The summed E-state index contributed by atoms with van der Waals surface area (Å²) in [6.45, 7) is 0.346. The average Bonchev–Trinajstić information content (AvgIpc) is 3.04. The van der Waals surface area contributed by atoms with E-state index in [1.54, 1.807) is 6.07 Å². The highest BCUT2D eigenvalue weighted by Crippen LogP contribution is 2.34. The highest BCUT2D eigenvalue weighted by atomic mass is 35.5. The summed E-state index contributed by atoms with van der Waals surface area (Å²) in [5.74, 6) is -0.240. The predicted octanol–water partition coefficient (Wildman–Crippen LogP) is 3.58. The molecule has 0 aliphatic carbocycles. The summed E-state index contributed by atoms with van der Waals surface area (Å²) in [5, 5.41) is 4.17. The number of fused-ring (bicyclic) bond motifs is 3. The number of hydrogen-bond donors (Lipinski definition) is 1. The van der Waals surface area contributed by atoms with Crippen molar-refractivity contribution < 1.29 is 4.79 Å². The Bertz CT molecular complexity index is 1170. The first kappa shape index (κ1) is 16.8. The van der Waals surface area contributed by atoms with Crippen LogP contribution in [0.15, 0.2) is 59.7 Å². The monoisotopic (exact) mass is 383 g/mol. The van der Waals surface area contributed by atoms with E-state index in [4.69, 9.17) is 11.6 Å². The molecule has 0 aliphatic heterocycles. The van der Waals surface area contributed by atoms with Gasteiger partial charge in [0.2, 0.25) is 5.91 Å². The molecule has 4 rings (SSSR count). The highest BCUT2D eigenvalue weighted by molar-refractivity contribution is 7.25. The highest BCUT2D eigenvalue weighted by Gasteiger charge is 2.14. The van der Waals surface area contributed by atoms with Crippen molar-refractivity contribution in [2.75, 3.05) is 0 Å². The molecular weight excluding hydrogens is 370 g/mol. The van der Waals surface area contributed by atoms with Crippen LogP contribution in [0.3, 0.4) is 0 Å². The molecule has 4 aromatic rings. The number of nitrogens with one attached hydrogen (secondary N) is 1. The van der Waals surface area contributed by atoms with Gasteiger partial charge in [-0.25, -0.2) is 4.98 Å². The van der Waals surface area contributed by atoms with Gasteiger partial charge in [-0.15, -0.1) is 11.3 Å². The van der Waals surface area contributed by atoms with Gasteiger partial charge in [0.15, 0.2) is 0 Å². The maximum atomic E-state index is 12.7. The van der Waals surface area contributed by atoms with Gasteiger partial charge >= 0.3 is 0 Å². The van der Waals surface area contributed by atoms with Gasteiger partial charge in [-0.3, -0.25) is 14.2 Å². The van der Waals surface area contributed by atoms with Crippen molar-refractivity contribution in [1.29, 1.82) is 0 Å². The predicted molar refractivity (Wildman–Crippen MR) is 105 cm³/mol. The first-order valence-corrected chi connectivity index (χ1v) is 9.20. The van der Waals surface area contributed by atoms with Gasteiger partial charge in [-0.2, -0.15) is 0 Å². The quantitative estimate of drug-likeness (QED) is 0.585. The summed E-state index contributed by atoms with van der Waals surface area (Å²) in [6, 6.07) is 15.1. The Labute approximate surface area is 157 Å². The van der Waals surface area contributed by atoms with Crippen LogP contribution in [0, 0.1) is 0 Å². The number of carbonyl (C=O) groups excluding carboxylic acids is 1. The normalized spacial score (nSPS) is 11.1. The van der Waals surface area contributed by atoms with Crippen LogP contribution in [-0.2, 0) is 17.9 Å². The molecule has 0 fully saturated rings. The smallest absolute Gasteiger partial charge is 0.271 e. The zero-order valence-electron chi connectivity index (χ0n) is 13.6. The summed E-state index contributed by atoms with van der Waals surface area (Å²) in [6.07, 6.45) is 1.41. The molecule has 0 radical (unpaired) electrons. The van der Waals surface area contributed by atoms with E-state index in [-0.39, 0.29) is 18.0 Å². The van der Waals surface area contributed by atoms with Crippen LogP contribution in [-0.4, -0.2) is 15.5 Å². The van der Waals surface area contributed by atoms with Crippen LogP contribution in [0.25, 0.3) is 20.3 Å². The second kappa shape index (κ2) is 6.90. The van der Waals surface area contributed by atoms with Crippen LogP contribution in [0.5, 0.6) is 0 Å². The Morgan fingerprint density at radius 3 is 2.77 bits per heavy atom. The van der Waals surface area contributed by atoms with Crippen molar-refractivity contribution in [2.45, 2.75) is 13.1 Å². The molecule has 0 unspecified atom stereocenters. The molecule has 2 heterocycles. The minimum atomic E-state index is -0.240. The lowest BCUT2D eigenvalue weighted by molar-refractivity contribution is -0.121. The number of aromatic nitrogens is 2. The molecule has 0 saturated carbocycles. The van der Waals surface area contributed by atoms with Crippen molar-refractivity contribution in [3.63, 3.8) is 0 Å². The third-order valence-electron chi connectivity index (χ3n) is 4.07. The standard InChI is InChI=1S/C19H14ClN3O2S/c20-13-7-4-8-14-16(13)17-18(26-14)19(25)23(11-22-17)10-15(24)21-9-12-5-2-1-3-6-12/h1-8,11H,9-10H2,(H,21,24). The van der Waals surface area contributed by atoms with Crippen molar-refractivity contribution in [3.8, 4) is 0 Å². The maximum absolute atomic E-state index is 12.7. The fraction of sp³-hybridized carbons (Fsp3) is 0.105. The number of thiophene rings is 1. The molecule has 7 heteroatoms. The third kappa shape index (κ3) is 3.09. The van der Waals surface area contributed by atoms with E-state index in [9.17, 15) is 9.59 Å². The molecule has 2 aromatic heterocycles. The Balaban J connectivity index is 1.60. The summed E-state index contributed by atoms with van der Waals surface area (Å²) >= 11 is 7.59. The molecule has 1 amide bonds. The van der Waals surface area contributed by atoms with Crippen LogP contribution in [0.1, 0.15) is 5.56 Å². The largest absolute Gasteiger partial charge is 0.350 e. The van der Waals surface area contributed by atoms with E-state index in [2.05, 4.69) is 10.3 Å². The van der Waals surface area contributed by atoms with E-state index >= 15 is 0 Å². The molecule has 0 saturated heterocycles. The molecule has 130 valence electrons. The van der Waals surface area contributed by atoms with Crippen LogP contribution in [0.2, 0.25) is 5.02 Å². The first-order valence-electron chi connectivity index (χ1n) is 8.00. The Morgan fingerprint density at radius 1 is 1.15 bits per heavy atom. The third-order valence-corrected chi connectivity index (χ3v) is 5.51. The van der Waals surface area contributed by atoms with Gasteiger partial charge in [-0.1, -0.05) is 48.0 Å². The summed E-state index contributed by atoms with van der Waals surface area (Å²) in [5.41, 5.74) is 1.35. The number of nitrogens with zero attached hydrogens (tertiary/aromatic N) is 2. The molecule has 0 aliphatic rings. The Hall–Kier alpha value is -2.70. The van der Waals surface area contributed by atoms with Gasteiger partial charge < -0.3 is 5.32 Å². The lowest BCUT2D eigenvalue weighted by atomic mass is 10.2. The van der Waals surface area contributed by atoms with E-state index in [1.807, 2.05) is 42.5 Å². The topological polar surface area (TPSA) is 64.0 Å². The number of carbonyl (C=O) groups is 1. The van der Waals surface area contributed by atoms with Gasteiger partial charge in [0, 0.05) is 16.6 Å². The second-order valence-corrected chi connectivity index (χ2v) is 7.29. The van der Waals surface area contributed by atoms with E-state index < -0.39 is 0 Å². The second-order valence-electron chi connectivity index (χ2n) is 5.83. The minimum absolute atomic E-state index is 0.0728. The number of benzene rings is 2. The Morgan fingerprint density at radius 2 is 1.96 bits per heavy atom. The molecule has 5 nitrogen and oxygen atoms in total. The summed E-state index contributed by atoms with van der Waals surface area (Å²) in [7, 11) is 0. The maximum Gasteiger partial charge on any atom is 0.271 e. The molecule has 0 spiro atoms. The van der Waals surface area contributed by atoms with Gasteiger partial charge in [0.25, 0.3) is 5.56 Å². The fourth-order valence-corrected chi connectivity index (χ4v) is 4.24. The lowest BCUT2D eigenvalue weighted by Crippen LogP contribution is -2.31. The minimum Gasteiger partial charge on any atom is -0.350 e.